The molecule has 1 unspecified atom stereocenters. The summed E-state index contributed by atoms with van der Waals surface area (Å²) < 4.78 is 55.7. The monoisotopic (exact) mass is 452 g/mol. The summed E-state index contributed by atoms with van der Waals surface area (Å²) in [7, 11) is -2.67. The van der Waals surface area contributed by atoms with Crippen molar-refractivity contribution in [3.63, 3.8) is 0 Å². The van der Waals surface area contributed by atoms with Crippen LogP contribution in [-0.4, -0.2) is 36.5 Å². The normalized spacial score (nSPS) is 12.7. The molecule has 0 bridgehead atoms. The van der Waals surface area contributed by atoms with Gasteiger partial charge in [-0.15, -0.1) is 11.3 Å². The van der Waals surface area contributed by atoms with Crippen molar-refractivity contribution in [2.45, 2.75) is 18.7 Å². The SMILES string of the molecule is COC(=O)c1ccc(N(c2sc3ccc(C)cc3c2C)S(=O)[O-])c(S(C)(=O)=O)c1. The molecule has 3 rings (SSSR count). The van der Waals surface area contributed by atoms with E-state index in [1.807, 2.05) is 25.1 Å². The summed E-state index contributed by atoms with van der Waals surface area (Å²) in [5.74, 6) is -0.718. The van der Waals surface area contributed by atoms with Crippen molar-refractivity contribution >= 4 is 59.2 Å². The van der Waals surface area contributed by atoms with Gasteiger partial charge in [0, 0.05) is 11.0 Å². The Balaban J connectivity index is 2.30. The molecule has 0 N–H and O–H groups in total. The van der Waals surface area contributed by atoms with Gasteiger partial charge in [0.05, 0.1) is 34.5 Å². The number of anilines is 2. The predicted octanol–water partition coefficient (Wildman–Crippen LogP) is 3.64. The van der Waals surface area contributed by atoms with E-state index >= 15 is 0 Å². The van der Waals surface area contributed by atoms with E-state index in [1.54, 1.807) is 6.92 Å². The molecule has 1 heterocycles. The number of ether oxygens (including phenoxy) is 1. The molecule has 0 amide bonds. The van der Waals surface area contributed by atoms with Crippen molar-refractivity contribution in [3.05, 3.63) is 53.1 Å². The van der Waals surface area contributed by atoms with Crippen molar-refractivity contribution in [2.75, 3.05) is 17.7 Å². The van der Waals surface area contributed by atoms with Crippen LogP contribution in [0.25, 0.3) is 10.1 Å². The molecule has 29 heavy (non-hydrogen) atoms. The van der Waals surface area contributed by atoms with Crippen molar-refractivity contribution in [3.8, 4) is 0 Å². The van der Waals surface area contributed by atoms with Crippen LogP contribution in [0.2, 0.25) is 0 Å². The number of hydrogen-bond acceptors (Lipinski definition) is 7. The first-order valence-electron chi connectivity index (χ1n) is 8.36. The first-order valence-corrected chi connectivity index (χ1v) is 12.1. The van der Waals surface area contributed by atoms with E-state index in [4.69, 9.17) is 0 Å². The molecule has 0 spiro atoms. The fourth-order valence-corrected chi connectivity index (χ4v) is 5.93. The van der Waals surface area contributed by atoms with E-state index in [2.05, 4.69) is 4.74 Å². The Morgan fingerprint density at radius 2 is 1.86 bits per heavy atom. The first kappa shape index (κ1) is 21.4. The number of methoxy groups -OCH3 is 1. The molecule has 0 aliphatic heterocycles. The molecule has 0 fully saturated rings. The zero-order valence-electron chi connectivity index (χ0n) is 16.1. The zero-order valence-corrected chi connectivity index (χ0v) is 18.5. The summed E-state index contributed by atoms with van der Waals surface area (Å²) in [6.07, 6.45) is 0.958. The Labute approximate surface area is 175 Å². The topological polar surface area (TPSA) is 104 Å². The second-order valence-corrected chi connectivity index (χ2v) is 10.3. The van der Waals surface area contributed by atoms with Crippen LogP contribution in [0.3, 0.4) is 0 Å². The highest BCUT2D eigenvalue weighted by Crippen LogP contribution is 2.43. The van der Waals surface area contributed by atoms with Gasteiger partial charge in [-0.1, -0.05) is 17.7 Å². The molecule has 0 aliphatic carbocycles. The van der Waals surface area contributed by atoms with Crippen LogP contribution in [0.15, 0.2) is 41.3 Å². The smallest absolute Gasteiger partial charge is 0.337 e. The van der Waals surface area contributed by atoms with Gasteiger partial charge in [-0.25, -0.2) is 13.2 Å². The molecule has 0 aliphatic rings. The lowest BCUT2D eigenvalue weighted by Gasteiger charge is -2.27. The van der Waals surface area contributed by atoms with Crippen LogP contribution in [0.1, 0.15) is 21.5 Å². The molecule has 154 valence electrons. The number of esters is 1. The zero-order chi connectivity index (χ0) is 21.5. The lowest BCUT2D eigenvalue weighted by atomic mass is 10.1. The van der Waals surface area contributed by atoms with Crippen molar-refractivity contribution < 1.29 is 26.7 Å². The van der Waals surface area contributed by atoms with Gasteiger partial charge in [0.2, 0.25) is 0 Å². The maximum absolute atomic E-state index is 12.4. The maximum atomic E-state index is 12.4. The molecule has 0 saturated heterocycles. The number of benzene rings is 2. The van der Waals surface area contributed by atoms with E-state index in [9.17, 15) is 22.0 Å². The molecule has 2 aromatic carbocycles. The summed E-state index contributed by atoms with van der Waals surface area (Å²) in [6, 6.07) is 9.54. The minimum absolute atomic E-state index is 0.0111. The Kier molecular flexibility index (Phi) is 5.81. The standard InChI is InChI=1S/C19H19NO6S3/c1-11-5-8-16-14(9-11)12(2)18(27-16)20(28(22)23)15-7-6-13(19(21)26-3)10-17(15)29(4,24)25/h5-10H,1-4H3,(H,22,23)/p-1. The molecule has 7 nitrogen and oxygen atoms in total. The van der Waals surface area contributed by atoms with E-state index in [0.29, 0.717) is 5.00 Å². The third-order valence-electron chi connectivity index (χ3n) is 4.40. The van der Waals surface area contributed by atoms with Gasteiger partial charge in [-0.2, -0.15) is 0 Å². The van der Waals surface area contributed by atoms with E-state index in [-0.39, 0.29) is 16.1 Å². The highest BCUT2D eigenvalue weighted by molar-refractivity contribution is 7.91. The third kappa shape index (κ3) is 4.06. The number of sulfone groups is 1. The van der Waals surface area contributed by atoms with Crippen molar-refractivity contribution in [1.29, 1.82) is 0 Å². The largest absolute Gasteiger partial charge is 0.755 e. The van der Waals surface area contributed by atoms with Gasteiger partial charge in [0.1, 0.15) is 5.00 Å². The quantitative estimate of drug-likeness (QED) is 0.432. The van der Waals surface area contributed by atoms with Crippen LogP contribution in [-0.2, 0) is 25.8 Å². The van der Waals surface area contributed by atoms with E-state index < -0.39 is 27.1 Å². The molecular weight excluding hydrogens is 434 g/mol. The number of rotatable bonds is 5. The van der Waals surface area contributed by atoms with Crippen molar-refractivity contribution in [2.24, 2.45) is 0 Å². The lowest BCUT2D eigenvalue weighted by Crippen LogP contribution is -2.22. The summed E-state index contributed by atoms with van der Waals surface area (Å²) in [4.78, 5) is 11.6. The van der Waals surface area contributed by atoms with E-state index in [1.165, 1.54) is 30.6 Å². The number of nitrogens with zero attached hydrogens (tertiary/aromatic N) is 1. The van der Waals surface area contributed by atoms with Gasteiger partial charge in [-0.3, -0.25) is 8.51 Å². The van der Waals surface area contributed by atoms with Crippen LogP contribution >= 0.6 is 11.3 Å². The highest BCUT2D eigenvalue weighted by atomic mass is 32.2. The molecule has 1 aromatic heterocycles. The Morgan fingerprint density at radius 3 is 2.45 bits per heavy atom. The van der Waals surface area contributed by atoms with Crippen LogP contribution in [0.4, 0.5) is 10.7 Å². The molecule has 10 heteroatoms. The fourth-order valence-electron chi connectivity index (χ4n) is 3.00. The molecule has 0 saturated carbocycles. The summed E-state index contributed by atoms with van der Waals surface area (Å²) >= 11 is -1.55. The van der Waals surface area contributed by atoms with E-state index in [0.717, 1.165) is 37.8 Å². The Bertz CT molecular complexity index is 1250. The first-order chi connectivity index (χ1) is 13.5. The molecule has 0 radical (unpaired) electrons. The number of carbonyl (C=O) groups excluding carboxylic acids is 1. The summed E-state index contributed by atoms with van der Waals surface area (Å²) in [5, 5.41) is 1.28. The Hall–Kier alpha value is -2.27. The minimum Gasteiger partial charge on any atom is -0.755 e. The second kappa shape index (κ2) is 7.86. The van der Waals surface area contributed by atoms with Crippen LogP contribution in [0, 0.1) is 13.8 Å². The van der Waals surface area contributed by atoms with Gasteiger partial charge >= 0.3 is 5.97 Å². The van der Waals surface area contributed by atoms with Gasteiger partial charge in [-0.05, 0) is 49.1 Å². The number of hydrogen-bond donors (Lipinski definition) is 0. The fraction of sp³-hybridized carbons (Fsp3) is 0.211. The number of thiophene rings is 1. The molecular formula is C19H18NO6S3-. The average molecular weight is 453 g/mol. The van der Waals surface area contributed by atoms with Gasteiger partial charge in [0.25, 0.3) is 0 Å². The van der Waals surface area contributed by atoms with Crippen molar-refractivity contribution in [1.82, 2.24) is 0 Å². The van der Waals surface area contributed by atoms with Crippen LogP contribution in [0.5, 0.6) is 0 Å². The second-order valence-electron chi connectivity index (χ2n) is 6.49. The highest BCUT2D eigenvalue weighted by Gasteiger charge is 2.25. The maximum Gasteiger partial charge on any atom is 0.337 e. The van der Waals surface area contributed by atoms with Gasteiger partial charge in [0.15, 0.2) is 9.84 Å². The summed E-state index contributed by atoms with van der Waals surface area (Å²) in [6.45, 7) is 3.73. The third-order valence-corrected chi connectivity index (χ3v) is 7.58. The number of carbonyl (C=O) groups is 1. The Morgan fingerprint density at radius 1 is 1.17 bits per heavy atom. The summed E-state index contributed by atoms with van der Waals surface area (Å²) in [5.41, 5.74) is 1.70. The van der Waals surface area contributed by atoms with Crippen LogP contribution < -0.4 is 4.31 Å². The number of fused-ring (bicyclic) bond motifs is 1. The predicted molar refractivity (Wildman–Crippen MR) is 113 cm³/mol. The average Bonchev–Trinajstić information content (AvgIpc) is 2.96. The molecule has 3 aromatic rings. The lowest BCUT2D eigenvalue weighted by molar-refractivity contribution is 0.0600. The van der Waals surface area contributed by atoms with Gasteiger partial charge < -0.3 is 9.29 Å². The minimum atomic E-state index is -3.85. The number of aryl methyl sites for hydroxylation is 2. The molecule has 1 atom stereocenters.